The molecule has 0 unspecified atom stereocenters. The zero-order valence-electron chi connectivity index (χ0n) is 16.9. The van der Waals surface area contributed by atoms with Crippen molar-refractivity contribution in [3.05, 3.63) is 76.4 Å². The molecule has 2 aliphatic carbocycles. The van der Waals surface area contributed by atoms with E-state index in [2.05, 4.69) is 33.4 Å². The van der Waals surface area contributed by atoms with Crippen molar-refractivity contribution in [2.75, 3.05) is 0 Å². The molecule has 152 valence electrons. The summed E-state index contributed by atoms with van der Waals surface area (Å²) in [6.45, 7) is 0. The largest absolute Gasteiger partial charge is 0.356 e. The monoisotopic (exact) mass is 400 g/mol. The third-order valence-electron chi connectivity index (χ3n) is 6.83. The Morgan fingerprint density at radius 3 is 2.77 bits per heavy atom. The average molecular weight is 400 g/mol. The van der Waals surface area contributed by atoms with Crippen LogP contribution in [0.4, 0.5) is 0 Å². The third kappa shape index (κ3) is 2.45. The van der Waals surface area contributed by atoms with E-state index in [9.17, 15) is 4.79 Å². The first-order chi connectivity index (χ1) is 14.6. The van der Waals surface area contributed by atoms with Gasteiger partial charge < -0.3 is 15.3 Å². The second-order valence-corrected chi connectivity index (χ2v) is 8.86. The number of hydrogen-bond donors (Lipinski definition) is 2. The number of aryl methyl sites for hydroxylation is 1. The Balaban J connectivity index is 1.47. The van der Waals surface area contributed by atoms with Gasteiger partial charge in [0.1, 0.15) is 17.7 Å². The molecule has 7 heteroatoms. The molecule has 0 bridgehead atoms. The fraction of sp³-hybridized carbons (Fsp3) is 0.348. The molecule has 0 atom stereocenters. The van der Waals surface area contributed by atoms with E-state index in [-0.39, 0.29) is 17.0 Å². The van der Waals surface area contributed by atoms with Crippen LogP contribution in [0.25, 0.3) is 16.6 Å². The highest BCUT2D eigenvalue weighted by molar-refractivity contribution is 5.83. The SMILES string of the molecule is Cn1cnnc1[C@]1(c2cccc(-n3ccc4c(C5CC5)c[nH]c4c3=O)c2)C[C@H](N)C1. The zero-order valence-corrected chi connectivity index (χ0v) is 16.9. The number of nitrogens with one attached hydrogen (secondary N) is 1. The third-order valence-corrected chi connectivity index (χ3v) is 6.83. The van der Waals surface area contributed by atoms with Gasteiger partial charge in [0.05, 0.1) is 5.41 Å². The van der Waals surface area contributed by atoms with Crippen LogP contribution in [0.2, 0.25) is 0 Å². The van der Waals surface area contributed by atoms with Crippen molar-refractivity contribution in [3.63, 3.8) is 0 Å². The smallest absolute Gasteiger partial charge is 0.279 e. The Labute approximate surface area is 173 Å². The first kappa shape index (κ1) is 17.7. The summed E-state index contributed by atoms with van der Waals surface area (Å²) in [5, 5.41) is 9.53. The second kappa shape index (κ2) is 6.15. The van der Waals surface area contributed by atoms with Crippen molar-refractivity contribution in [1.29, 1.82) is 0 Å². The number of aromatic amines is 1. The van der Waals surface area contributed by atoms with Gasteiger partial charge in [0.15, 0.2) is 0 Å². The quantitative estimate of drug-likeness (QED) is 0.551. The van der Waals surface area contributed by atoms with E-state index in [1.165, 1.54) is 18.4 Å². The molecule has 3 N–H and O–H groups in total. The Bertz CT molecular complexity index is 1320. The molecule has 0 aliphatic heterocycles. The molecule has 3 heterocycles. The number of aromatic nitrogens is 5. The minimum Gasteiger partial charge on any atom is -0.356 e. The highest BCUT2D eigenvalue weighted by atomic mass is 16.1. The van der Waals surface area contributed by atoms with E-state index in [0.29, 0.717) is 11.4 Å². The number of pyridine rings is 1. The lowest BCUT2D eigenvalue weighted by Crippen LogP contribution is -2.51. The van der Waals surface area contributed by atoms with Gasteiger partial charge >= 0.3 is 0 Å². The van der Waals surface area contributed by atoms with Gasteiger partial charge in [-0.2, -0.15) is 0 Å². The Kier molecular flexibility index (Phi) is 3.62. The maximum absolute atomic E-state index is 13.2. The molecule has 30 heavy (non-hydrogen) atoms. The summed E-state index contributed by atoms with van der Waals surface area (Å²) in [6, 6.07) is 10.4. The summed E-state index contributed by atoms with van der Waals surface area (Å²) in [6.07, 6.45) is 9.69. The van der Waals surface area contributed by atoms with E-state index >= 15 is 0 Å². The normalized spacial score (nSPS) is 23.6. The number of nitrogens with zero attached hydrogens (tertiary/aromatic N) is 4. The van der Waals surface area contributed by atoms with Crippen molar-refractivity contribution in [1.82, 2.24) is 24.3 Å². The number of rotatable bonds is 4. The molecule has 0 spiro atoms. The van der Waals surface area contributed by atoms with Crippen LogP contribution in [0.3, 0.4) is 0 Å². The predicted octanol–water partition coefficient (Wildman–Crippen LogP) is 2.73. The maximum Gasteiger partial charge on any atom is 0.279 e. The number of fused-ring (bicyclic) bond motifs is 1. The van der Waals surface area contributed by atoms with Crippen LogP contribution in [0.5, 0.6) is 0 Å². The molecular formula is C23H24N6O. The minimum absolute atomic E-state index is 0.0189. The highest BCUT2D eigenvalue weighted by Gasteiger charge is 2.48. The average Bonchev–Trinajstić information content (AvgIpc) is 3.33. The molecule has 3 aromatic heterocycles. The van der Waals surface area contributed by atoms with Gasteiger partial charge in [0.25, 0.3) is 5.56 Å². The molecule has 1 aromatic carbocycles. The molecule has 0 radical (unpaired) electrons. The fourth-order valence-electron chi connectivity index (χ4n) is 5.13. The summed E-state index contributed by atoms with van der Waals surface area (Å²) >= 11 is 0. The van der Waals surface area contributed by atoms with Gasteiger partial charge in [-0.25, -0.2) is 0 Å². The highest BCUT2D eigenvalue weighted by Crippen LogP contribution is 2.47. The molecule has 0 saturated heterocycles. The van der Waals surface area contributed by atoms with Crippen LogP contribution in [0, 0.1) is 0 Å². The molecule has 2 saturated carbocycles. The lowest BCUT2D eigenvalue weighted by atomic mass is 9.61. The first-order valence-corrected chi connectivity index (χ1v) is 10.5. The van der Waals surface area contributed by atoms with Crippen molar-refractivity contribution in [2.45, 2.75) is 43.1 Å². The molecule has 2 fully saturated rings. The molecule has 2 aliphatic rings. The Morgan fingerprint density at radius 1 is 1.23 bits per heavy atom. The first-order valence-electron chi connectivity index (χ1n) is 10.5. The van der Waals surface area contributed by atoms with Gasteiger partial charge in [-0.05, 0) is 60.9 Å². The maximum atomic E-state index is 13.2. The topological polar surface area (TPSA) is 94.5 Å². The van der Waals surface area contributed by atoms with Gasteiger partial charge in [-0.15, -0.1) is 10.2 Å². The summed E-state index contributed by atoms with van der Waals surface area (Å²) < 4.78 is 3.69. The minimum atomic E-state index is -0.264. The van der Waals surface area contributed by atoms with E-state index in [1.807, 2.05) is 36.1 Å². The molecular weight excluding hydrogens is 376 g/mol. The van der Waals surface area contributed by atoms with Gasteiger partial charge in [-0.1, -0.05) is 12.1 Å². The van der Waals surface area contributed by atoms with Crippen molar-refractivity contribution in [2.24, 2.45) is 12.8 Å². The number of H-pyrrole nitrogens is 1. The summed E-state index contributed by atoms with van der Waals surface area (Å²) in [5.74, 6) is 1.52. The van der Waals surface area contributed by atoms with Crippen LogP contribution < -0.4 is 11.3 Å². The van der Waals surface area contributed by atoms with Crippen molar-refractivity contribution in [3.8, 4) is 5.69 Å². The number of benzene rings is 1. The lowest BCUT2D eigenvalue weighted by molar-refractivity contribution is 0.234. The van der Waals surface area contributed by atoms with E-state index in [4.69, 9.17) is 5.73 Å². The van der Waals surface area contributed by atoms with Gasteiger partial charge in [0.2, 0.25) is 0 Å². The molecule has 4 aromatic rings. The standard InChI is InChI=1S/C23H24N6O/c1-28-13-26-27-22(28)23(10-16(24)11-23)15-3-2-4-17(9-15)29-8-7-18-19(14-5-6-14)12-25-20(18)21(29)30/h2-4,7-9,12-14,16,25H,5-6,10-11,24H2,1H3/t16-,23+. The van der Waals surface area contributed by atoms with Gasteiger partial charge in [-0.3, -0.25) is 9.36 Å². The number of nitrogens with two attached hydrogens (primary N) is 1. The van der Waals surface area contributed by atoms with Crippen molar-refractivity contribution < 1.29 is 0 Å². The van der Waals surface area contributed by atoms with Crippen LogP contribution in [0.15, 0.2) is 53.8 Å². The summed E-state index contributed by atoms with van der Waals surface area (Å²) in [7, 11) is 1.96. The van der Waals surface area contributed by atoms with E-state index in [1.54, 1.807) is 10.9 Å². The van der Waals surface area contributed by atoms with Crippen LogP contribution in [-0.2, 0) is 12.5 Å². The van der Waals surface area contributed by atoms with Crippen molar-refractivity contribution >= 4 is 10.9 Å². The Morgan fingerprint density at radius 2 is 2.07 bits per heavy atom. The Hall–Kier alpha value is -3.19. The zero-order chi connectivity index (χ0) is 20.5. The molecule has 6 rings (SSSR count). The summed E-state index contributed by atoms with van der Waals surface area (Å²) in [4.78, 5) is 16.5. The fourth-order valence-corrected chi connectivity index (χ4v) is 5.13. The molecule has 7 nitrogen and oxygen atoms in total. The van der Waals surface area contributed by atoms with Gasteiger partial charge in [0, 0.05) is 36.6 Å². The predicted molar refractivity (Wildman–Crippen MR) is 115 cm³/mol. The van der Waals surface area contributed by atoms with E-state index in [0.717, 1.165) is 35.3 Å². The van der Waals surface area contributed by atoms with Crippen LogP contribution in [-0.4, -0.2) is 30.4 Å². The number of hydrogen-bond acceptors (Lipinski definition) is 4. The van der Waals surface area contributed by atoms with E-state index < -0.39 is 0 Å². The lowest BCUT2D eigenvalue weighted by Gasteiger charge is -2.45. The summed E-state index contributed by atoms with van der Waals surface area (Å²) in [5.41, 5.74) is 9.84. The second-order valence-electron chi connectivity index (χ2n) is 8.86. The van der Waals surface area contributed by atoms with Crippen LogP contribution >= 0.6 is 0 Å². The van der Waals surface area contributed by atoms with Crippen LogP contribution in [0.1, 0.15) is 48.6 Å². The molecule has 0 amide bonds.